The van der Waals surface area contributed by atoms with Gasteiger partial charge in [0.25, 0.3) is 0 Å². The summed E-state index contributed by atoms with van der Waals surface area (Å²) in [4.78, 5) is 39.7. The van der Waals surface area contributed by atoms with Crippen molar-refractivity contribution in [2.45, 2.75) is 101 Å². The lowest BCUT2D eigenvalue weighted by Gasteiger charge is -2.23. The number of carboxylic acid groups (broad SMARTS) is 1. The Balaban J connectivity index is 1.34. The molecule has 2 saturated carbocycles. The van der Waals surface area contributed by atoms with Gasteiger partial charge in [-0.2, -0.15) is 26.3 Å². The predicted molar refractivity (Wildman–Crippen MR) is 177 cm³/mol. The Hall–Kier alpha value is -4.88. The molecule has 2 heterocycles. The van der Waals surface area contributed by atoms with Crippen LogP contribution in [0.15, 0.2) is 54.6 Å². The highest BCUT2D eigenvalue weighted by Crippen LogP contribution is 2.48. The average molecular weight is 726 g/mol. The number of primary amides is 1. The zero-order valence-electron chi connectivity index (χ0n) is 28.1. The molecule has 0 spiro atoms. The molecule has 1 unspecified atom stereocenters. The van der Waals surface area contributed by atoms with Crippen molar-refractivity contribution >= 4 is 11.9 Å². The van der Waals surface area contributed by atoms with Gasteiger partial charge in [0.15, 0.2) is 5.69 Å². The van der Waals surface area contributed by atoms with Gasteiger partial charge in [-0.1, -0.05) is 61.4 Å². The first-order chi connectivity index (χ1) is 24.6. The first-order valence-corrected chi connectivity index (χ1v) is 17.2. The quantitative estimate of drug-likeness (QED) is 0.151. The number of carbonyl (C=O) groups is 2. The molecular weight excluding hydrogens is 688 g/mol. The van der Waals surface area contributed by atoms with Gasteiger partial charge in [-0.15, -0.1) is 0 Å². The van der Waals surface area contributed by atoms with Crippen LogP contribution in [0.1, 0.15) is 125 Å². The molecule has 0 bridgehead atoms. The maximum Gasteiger partial charge on any atom is 0.433 e. The largest absolute Gasteiger partial charge is 0.481 e. The van der Waals surface area contributed by atoms with Crippen molar-refractivity contribution in [1.29, 1.82) is 0 Å². The molecule has 2 fully saturated rings. The number of benzene rings is 2. The van der Waals surface area contributed by atoms with Crippen LogP contribution in [0.5, 0.6) is 0 Å². The van der Waals surface area contributed by atoms with Crippen molar-refractivity contribution < 1.29 is 41.0 Å². The third-order valence-electron chi connectivity index (χ3n) is 9.86. The summed E-state index contributed by atoms with van der Waals surface area (Å²) in [6.45, 7) is 0. The molecule has 274 valence electrons. The molecule has 14 heteroatoms. The number of nitrogens with zero attached hydrogens (tertiary/aromatic N) is 4. The number of carboxylic acids is 1. The number of halogens is 6. The van der Waals surface area contributed by atoms with Gasteiger partial charge in [0.1, 0.15) is 17.3 Å². The van der Waals surface area contributed by atoms with Crippen LogP contribution in [-0.2, 0) is 47.6 Å². The molecule has 2 atom stereocenters. The third-order valence-corrected chi connectivity index (χ3v) is 9.86. The monoisotopic (exact) mass is 725 g/mol. The number of nitrogens with two attached hydrogens (primary N) is 1. The number of hydrogen-bond donors (Lipinski definition) is 2. The molecule has 0 aliphatic heterocycles. The molecule has 0 saturated heterocycles. The van der Waals surface area contributed by atoms with Gasteiger partial charge < -0.3 is 10.8 Å². The smallest absolute Gasteiger partial charge is 0.433 e. The summed E-state index contributed by atoms with van der Waals surface area (Å²) in [5.74, 6) is -3.02. The molecule has 4 aromatic rings. The van der Waals surface area contributed by atoms with E-state index in [0.29, 0.717) is 35.1 Å². The standard InChI is InChI=1S/C38H37F6N5O3/c39-37(40,41)30-20-28(15-21-5-11-24(12-6-21)18-32(51)52)46-36(48-30)27-14-13-26(19-27)33-29(16-22-7-9-23(10-8-22)17-31(45)50)47-35(25-3-1-2-4-25)49-34(33)38(42,43)44/h5-12,20,25-27H,1-4,13-19H2,(H2,45,50)(H,51,52)/t26?,27-/m0/s1. The van der Waals surface area contributed by atoms with Crippen LogP contribution in [0, 0.1) is 0 Å². The number of aromatic nitrogens is 4. The van der Waals surface area contributed by atoms with Gasteiger partial charge in [0.2, 0.25) is 5.91 Å². The molecule has 2 aliphatic rings. The van der Waals surface area contributed by atoms with E-state index in [4.69, 9.17) is 15.8 Å². The van der Waals surface area contributed by atoms with E-state index >= 15 is 0 Å². The molecular formula is C38H37F6N5O3. The minimum atomic E-state index is -4.80. The maximum atomic E-state index is 14.9. The lowest BCUT2D eigenvalue weighted by atomic mass is 9.89. The summed E-state index contributed by atoms with van der Waals surface area (Å²) in [5.41, 5.74) is 5.92. The summed E-state index contributed by atoms with van der Waals surface area (Å²) in [7, 11) is 0. The van der Waals surface area contributed by atoms with Crippen molar-refractivity contribution in [1.82, 2.24) is 19.9 Å². The molecule has 52 heavy (non-hydrogen) atoms. The normalized spacial score (nSPS) is 18.2. The van der Waals surface area contributed by atoms with Gasteiger partial charge in [-0.05, 0) is 66.3 Å². The number of amides is 1. The second kappa shape index (κ2) is 15.0. The lowest BCUT2D eigenvalue weighted by molar-refractivity contribution is -0.142. The number of carbonyl (C=O) groups excluding carboxylic acids is 1. The summed E-state index contributed by atoms with van der Waals surface area (Å²) in [5, 5.41) is 9.03. The second-order valence-electron chi connectivity index (χ2n) is 13.8. The van der Waals surface area contributed by atoms with Crippen molar-refractivity contribution in [3.63, 3.8) is 0 Å². The number of aliphatic carboxylic acids is 1. The van der Waals surface area contributed by atoms with Crippen molar-refractivity contribution in [2.24, 2.45) is 5.73 Å². The summed E-state index contributed by atoms with van der Waals surface area (Å²) < 4.78 is 86.9. The second-order valence-corrected chi connectivity index (χ2v) is 13.8. The molecule has 1 amide bonds. The molecule has 6 rings (SSSR count). The van der Waals surface area contributed by atoms with Crippen molar-refractivity contribution in [2.75, 3.05) is 0 Å². The highest BCUT2D eigenvalue weighted by atomic mass is 19.4. The van der Waals surface area contributed by atoms with Gasteiger partial charge in [-0.25, -0.2) is 19.9 Å². The van der Waals surface area contributed by atoms with E-state index in [1.54, 1.807) is 48.5 Å². The van der Waals surface area contributed by atoms with Crippen LogP contribution in [0.25, 0.3) is 0 Å². The Bertz CT molecular complexity index is 1920. The van der Waals surface area contributed by atoms with Crippen LogP contribution in [0.3, 0.4) is 0 Å². The van der Waals surface area contributed by atoms with E-state index in [9.17, 15) is 35.9 Å². The SMILES string of the molecule is NC(=O)Cc1ccc(Cc2nc(C3CCCC3)nc(C(F)(F)F)c2C2CC[C@H](c3nc(Cc4ccc(CC(=O)O)cc4)cc(C(F)(F)F)n3)C2)cc1. The first kappa shape index (κ1) is 36.9. The average Bonchev–Trinajstić information content (AvgIpc) is 3.79. The number of hydrogen-bond acceptors (Lipinski definition) is 6. The van der Waals surface area contributed by atoms with E-state index < -0.39 is 47.5 Å². The van der Waals surface area contributed by atoms with E-state index in [-0.39, 0.29) is 79.5 Å². The minimum absolute atomic E-state index is 0.0131. The fourth-order valence-corrected chi connectivity index (χ4v) is 7.42. The van der Waals surface area contributed by atoms with Gasteiger partial charge in [0.05, 0.1) is 18.5 Å². The molecule has 0 radical (unpaired) electrons. The summed E-state index contributed by atoms with van der Waals surface area (Å²) in [6.07, 6.45) is -6.01. The Kier molecular flexibility index (Phi) is 10.6. The highest BCUT2D eigenvalue weighted by molar-refractivity contribution is 5.76. The van der Waals surface area contributed by atoms with Crippen LogP contribution >= 0.6 is 0 Å². The Morgan fingerprint density at radius 2 is 1.23 bits per heavy atom. The van der Waals surface area contributed by atoms with Gasteiger partial charge in [0, 0.05) is 35.9 Å². The number of rotatable bonds is 11. The molecule has 2 aliphatic carbocycles. The Morgan fingerprint density at radius 1 is 0.673 bits per heavy atom. The fraction of sp³-hybridized carbons (Fsp3) is 0.421. The van der Waals surface area contributed by atoms with E-state index in [1.807, 2.05) is 0 Å². The maximum absolute atomic E-state index is 14.9. The predicted octanol–water partition coefficient (Wildman–Crippen LogP) is 7.85. The summed E-state index contributed by atoms with van der Waals surface area (Å²) >= 11 is 0. The third kappa shape index (κ3) is 8.94. The van der Waals surface area contributed by atoms with Crippen molar-refractivity contribution in [3.8, 4) is 0 Å². The fourth-order valence-electron chi connectivity index (χ4n) is 7.42. The Labute approximate surface area is 295 Å². The van der Waals surface area contributed by atoms with Crippen LogP contribution < -0.4 is 5.73 Å². The lowest BCUT2D eigenvalue weighted by Crippen LogP contribution is -2.21. The number of alkyl halides is 6. The minimum Gasteiger partial charge on any atom is -0.481 e. The van der Waals surface area contributed by atoms with Gasteiger partial charge in [-0.3, -0.25) is 9.59 Å². The zero-order chi connectivity index (χ0) is 37.2. The van der Waals surface area contributed by atoms with Gasteiger partial charge >= 0.3 is 18.3 Å². The molecule has 3 N–H and O–H groups in total. The Morgan fingerprint density at radius 3 is 1.81 bits per heavy atom. The molecule has 2 aromatic carbocycles. The van der Waals surface area contributed by atoms with Crippen molar-refractivity contribution in [3.05, 3.63) is 117 Å². The molecule has 8 nitrogen and oxygen atoms in total. The van der Waals surface area contributed by atoms with Crippen LogP contribution in [-0.4, -0.2) is 36.9 Å². The topological polar surface area (TPSA) is 132 Å². The van der Waals surface area contributed by atoms with Crippen LogP contribution in [0.2, 0.25) is 0 Å². The van der Waals surface area contributed by atoms with E-state index in [1.165, 1.54) is 0 Å². The van der Waals surface area contributed by atoms with Crippen LogP contribution in [0.4, 0.5) is 26.3 Å². The van der Waals surface area contributed by atoms with E-state index in [0.717, 1.165) is 18.9 Å². The van der Waals surface area contributed by atoms with E-state index in [2.05, 4.69) is 15.0 Å². The highest BCUT2D eigenvalue weighted by Gasteiger charge is 2.43. The zero-order valence-corrected chi connectivity index (χ0v) is 28.1. The first-order valence-electron chi connectivity index (χ1n) is 17.2. The summed E-state index contributed by atoms with van der Waals surface area (Å²) in [6, 6.07) is 14.1. The molecule has 2 aromatic heterocycles.